The van der Waals surface area contributed by atoms with Gasteiger partial charge in [0.05, 0.1) is 6.54 Å². The minimum absolute atomic E-state index is 0.0773. The van der Waals surface area contributed by atoms with Gasteiger partial charge in [0.15, 0.2) is 0 Å². The minimum atomic E-state index is -0.0773. The van der Waals surface area contributed by atoms with Crippen LogP contribution in [-0.4, -0.2) is 19.1 Å². The van der Waals surface area contributed by atoms with Crippen molar-refractivity contribution in [2.75, 3.05) is 13.2 Å². The molecule has 0 saturated carbocycles. The molecule has 0 radical (unpaired) electrons. The Balaban J connectivity index is 1.77. The quantitative estimate of drug-likeness (QED) is 0.849. The highest BCUT2D eigenvalue weighted by molar-refractivity contribution is 9.10. The molecule has 2 rings (SSSR count). The summed E-state index contributed by atoms with van der Waals surface area (Å²) in [6, 6.07) is 15.1. The monoisotopic (exact) mass is 333 g/mol. The van der Waals surface area contributed by atoms with Gasteiger partial charge in [0.1, 0.15) is 12.4 Å². The Labute approximate surface area is 127 Å². The van der Waals surface area contributed by atoms with E-state index in [4.69, 9.17) is 4.74 Å². The van der Waals surface area contributed by atoms with Crippen LogP contribution >= 0.6 is 15.9 Å². The Hall–Kier alpha value is -1.81. The number of benzene rings is 2. The highest BCUT2D eigenvalue weighted by Gasteiger charge is 2.04. The topological polar surface area (TPSA) is 38.3 Å². The molecule has 0 atom stereocenters. The molecule has 4 heteroatoms. The normalized spacial score (nSPS) is 10.1. The number of hydrogen-bond donors (Lipinski definition) is 1. The molecule has 1 amide bonds. The smallest absolute Gasteiger partial charge is 0.251 e. The predicted octanol–water partition coefficient (Wildman–Crippen LogP) is 3.57. The lowest BCUT2D eigenvalue weighted by Crippen LogP contribution is -2.28. The van der Waals surface area contributed by atoms with E-state index < -0.39 is 0 Å². The molecule has 0 unspecified atom stereocenters. The van der Waals surface area contributed by atoms with Crippen LogP contribution in [0.4, 0.5) is 0 Å². The Morgan fingerprint density at radius 3 is 2.75 bits per heavy atom. The molecule has 3 nitrogen and oxygen atoms in total. The second-order valence-corrected chi connectivity index (χ2v) is 5.35. The molecular weight excluding hydrogens is 318 g/mol. The summed E-state index contributed by atoms with van der Waals surface area (Å²) < 4.78 is 6.52. The molecule has 2 aromatic rings. The molecule has 0 spiro atoms. The number of rotatable bonds is 5. The van der Waals surface area contributed by atoms with Crippen LogP contribution in [0.1, 0.15) is 15.9 Å². The highest BCUT2D eigenvalue weighted by Crippen LogP contribution is 2.17. The van der Waals surface area contributed by atoms with Crippen molar-refractivity contribution in [2.45, 2.75) is 6.92 Å². The number of aryl methyl sites for hydroxylation is 1. The van der Waals surface area contributed by atoms with Gasteiger partial charge in [-0.1, -0.05) is 39.7 Å². The third-order valence-corrected chi connectivity index (χ3v) is 3.23. The van der Waals surface area contributed by atoms with Crippen LogP contribution in [0.5, 0.6) is 5.75 Å². The van der Waals surface area contributed by atoms with Crippen LogP contribution in [0.3, 0.4) is 0 Å². The summed E-state index contributed by atoms with van der Waals surface area (Å²) in [5, 5.41) is 2.84. The van der Waals surface area contributed by atoms with E-state index in [-0.39, 0.29) is 5.91 Å². The lowest BCUT2D eigenvalue weighted by molar-refractivity contribution is 0.0947. The molecule has 0 aliphatic heterocycles. The molecule has 104 valence electrons. The van der Waals surface area contributed by atoms with Gasteiger partial charge < -0.3 is 10.1 Å². The molecule has 0 bridgehead atoms. The number of ether oxygens (including phenoxy) is 1. The molecule has 0 saturated heterocycles. The van der Waals surface area contributed by atoms with Crippen molar-refractivity contribution in [1.29, 1.82) is 0 Å². The van der Waals surface area contributed by atoms with Gasteiger partial charge in [0, 0.05) is 10.0 Å². The molecule has 0 fully saturated rings. The number of carbonyl (C=O) groups is 1. The molecular formula is C16H16BrNO2. The first kappa shape index (κ1) is 14.6. The van der Waals surface area contributed by atoms with Gasteiger partial charge in [-0.15, -0.1) is 0 Å². The van der Waals surface area contributed by atoms with E-state index in [1.807, 2.05) is 49.4 Å². The summed E-state index contributed by atoms with van der Waals surface area (Å²) in [5.41, 5.74) is 1.75. The average Bonchev–Trinajstić information content (AvgIpc) is 2.43. The maximum Gasteiger partial charge on any atom is 0.251 e. The van der Waals surface area contributed by atoms with Crippen molar-refractivity contribution in [3.8, 4) is 5.75 Å². The summed E-state index contributed by atoms with van der Waals surface area (Å²) >= 11 is 3.38. The van der Waals surface area contributed by atoms with Gasteiger partial charge in [-0.3, -0.25) is 4.79 Å². The van der Waals surface area contributed by atoms with E-state index in [1.165, 1.54) is 0 Å². The molecule has 0 heterocycles. The fraction of sp³-hybridized carbons (Fsp3) is 0.188. The van der Waals surface area contributed by atoms with Crippen molar-refractivity contribution < 1.29 is 9.53 Å². The van der Waals surface area contributed by atoms with Crippen molar-refractivity contribution in [1.82, 2.24) is 5.32 Å². The number of hydrogen-bond acceptors (Lipinski definition) is 2. The zero-order chi connectivity index (χ0) is 14.4. The first-order valence-electron chi connectivity index (χ1n) is 6.38. The van der Waals surface area contributed by atoms with E-state index in [0.29, 0.717) is 18.7 Å². The molecule has 1 N–H and O–H groups in total. The maximum atomic E-state index is 11.9. The second-order valence-electron chi connectivity index (χ2n) is 4.43. The largest absolute Gasteiger partial charge is 0.492 e. The Kier molecular flexibility index (Phi) is 5.18. The predicted molar refractivity (Wildman–Crippen MR) is 83.1 cm³/mol. The minimum Gasteiger partial charge on any atom is -0.492 e. The maximum absolute atomic E-state index is 11.9. The van der Waals surface area contributed by atoms with Gasteiger partial charge in [0.25, 0.3) is 5.91 Å². The molecule has 20 heavy (non-hydrogen) atoms. The van der Waals surface area contributed by atoms with Gasteiger partial charge >= 0.3 is 0 Å². The van der Waals surface area contributed by atoms with E-state index >= 15 is 0 Å². The first-order chi connectivity index (χ1) is 9.65. The van der Waals surface area contributed by atoms with Gasteiger partial charge in [-0.25, -0.2) is 0 Å². The molecule has 0 aliphatic rings. The zero-order valence-corrected chi connectivity index (χ0v) is 12.8. The SMILES string of the molecule is Cc1cccc(C(=O)NCCOc2cccc(Br)c2)c1. The molecule has 0 aliphatic carbocycles. The lowest BCUT2D eigenvalue weighted by atomic mass is 10.1. The standard InChI is InChI=1S/C16H16BrNO2/c1-12-4-2-5-13(10-12)16(19)18-8-9-20-15-7-3-6-14(17)11-15/h2-7,10-11H,8-9H2,1H3,(H,18,19). The van der Waals surface area contributed by atoms with Gasteiger partial charge in [0.2, 0.25) is 0 Å². The zero-order valence-electron chi connectivity index (χ0n) is 11.2. The first-order valence-corrected chi connectivity index (χ1v) is 7.18. The van der Waals surface area contributed by atoms with E-state index in [1.54, 1.807) is 6.07 Å². The summed E-state index contributed by atoms with van der Waals surface area (Å²) in [5.74, 6) is 0.704. The Morgan fingerprint density at radius 2 is 2.00 bits per heavy atom. The summed E-state index contributed by atoms with van der Waals surface area (Å²) in [7, 11) is 0. The van der Waals surface area contributed by atoms with Gasteiger partial charge in [-0.2, -0.15) is 0 Å². The fourth-order valence-corrected chi connectivity index (χ4v) is 2.16. The highest BCUT2D eigenvalue weighted by atomic mass is 79.9. The van der Waals surface area contributed by atoms with E-state index in [2.05, 4.69) is 21.2 Å². The Morgan fingerprint density at radius 1 is 1.20 bits per heavy atom. The van der Waals surface area contributed by atoms with E-state index in [0.717, 1.165) is 15.8 Å². The van der Waals surface area contributed by atoms with Crippen LogP contribution in [0.15, 0.2) is 53.0 Å². The van der Waals surface area contributed by atoms with Crippen molar-refractivity contribution in [3.05, 3.63) is 64.1 Å². The Bertz CT molecular complexity index is 599. The third kappa shape index (κ3) is 4.38. The lowest BCUT2D eigenvalue weighted by Gasteiger charge is -2.08. The summed E-state index contributed by atoms with van der Waals surface area (Å²) in [6.45, 7) is 2.88. The van der Waals surface area contributed by atoms with E-state index in [9.17, 15) is 4.79 Å². The fourth-order valence-electron chi connectivity index (χ4n) is 1.78. The van der Waals surface area contributed by atoms with Crippen molar-refractivity contribution >= 4 is 21.8 Å². The third-order valence-electron chi connectivity index (χ3n) is 2.73. The van der Waals surface area contributed by atoms with Crippen LogP contribution in [0, 0.1) is 6.92 Å². The molecule has 2 aromatic carbocycles. The average molecular weight is 334 g/mol. The van der Waals surface area contributed by atoms with Crippen molar-refractivity contribution in [2.24, 2.45) is 0 Å². The summed E-state index contributed by atoms with van der Waals surface area (Å²) in [4.78, 5) is 11.9. The van der Waals surface area contributed by atoms with Crippen LogP contribution in [-0.2, 0) is 0 Å². The number of carbonyl (C=O) groups excluding carboxylic acids is 1. The number of amides is 1. The van der Waals surface area contributed by atoms with Crippen molar-refractivity contribution in [3.63, 3.8) is 0 Å². The number of nitrogens with one attached hydrogen (secondary N) is 1. The summed E-state index contributed by atoms with van der Waals surface area (Å²) in [6.07, 6.45) is 0. The second kappa shape index (κ2) is 7.10. The van der Waals surface area contributed by atoms with Crippen LogP contribution in [0.25, 0.3) is 0 Å². The number of halogens is 1. The van der Waals surface area contributed by atoms with Gasteiger partial charge in [-0.05, 0) is 37.3 Å². The van der Waals surface area contributed by atoms with Crippen LogP contribution < -0.4 is 10.1 Å². The molecule has 0 aromatic heterocycles. The van der Waals surface area contributed by atoms with Crippen LogP contribution in [0.2, 0.25) is 0 Å².